The first-order chi connectivity index (χ1) is 5.81. The molecular formula is C9H17ClN2O. The SMILES string of the molecule is C=C(Cl)CNCC(=O)NC(C)(C)C. The molecule has 0 saturated carbocycles. The fourth-order valence-electron chi connectivity index (χ4n) is 0.774. The maximum absolute atomic E-state index is 11.2. The number of nitrogens with one attached hydrogen (secondary N) is 2. The highest BCUT2D eigenvalue weighted by molar-refractivity contribution is 6.29. The predicted molar refractivity (Wildman–Crippen MR) is 55.8 cm³/mol. The summed E-state index contributed by atoms with van der Waals surface area (Å²) in [5.41, 5.74) is -0.184. The fourth-order valence-corrected chi connectivity index (χ4v) is 0.869. The van der Waals surface area contributed by atoms with Crippen LogP contribution in [0.25, 0.3) is 0 Å². The van der Waals surface area contributed by atoms with Crippen LogP contribution in [0.5, 0.6) is 0 Å². The lowest BCUT2D eigenvalue weighted by atomic mass is 10.1. The van der Waals surface area contributed by atoms with Gasteiger partial charge in [-0.05, 0) is 20.8 Å². The van der Waals surface area contributed by atoms with Crippen LogP contribution < -0.4 is 10.6 Å². The Morgan fingerprint density at radius 3 is 2.31 bits per heavy atom. The third kappa shape index (κ3) is 9.37. The Morgan fingerprint density at radius 2 is 1.92 bits per heavy atom. The summed E-state index contributed by atoms with van der Waals surface area (Å²) >= 11 is 5.51. The predicted octanol–water partition coefficient (Wildman–Crippen LogP) is 1.24. The van der Waals surface area contributed by atoms with Gasteiger partial charge < -0.3 is 10.6 Å². The molecule has 0 fully saturated rings. The van der Waals surface area contributed by atoms with Crippen molar-refractivity contribution in [2.45, 2.75) is 26.3 Å². The van der Waals surface area contributed by atoms with E-state index >= 15 is 0 Å². The van der Waals surface area contributed by atoms with Gasteiger partial charge in [-0.3, -0.25) is 4.79 Å². The summed E-state index contributed by atoms with van der Waals surface area (Å²) in [4.78, 5) is 11.2. The van der Waals surface area contributed by atoms with Crippen molar-refractivity contribution in [3.8, 4) is 0 Å². The molecule has 1 amide bonds. The van der Waals surface area contributed by atoms with E-state index < -0.39 is 0 Å². The van der Waals surface area contributed by atoms with Gasteiger partial charge in [0.2, 0.25) is 5.91 Å². The summed E-state index contributed by atoms with van der Waals surface area (Å²) in [6.07, 6.45) is 0. The van der Waals surface area contributed by atoms with Gasteiger partial charge in [0.25, 0.3) is 0 Å². The molecule has 4 heteroatoms. The molecule has 76 valence electrons. The summed E-state index contributed by atoms with van der Waals surface area (Å²) in [6.45, 7) is 10.0. The summed E-state index contributed by atoms with van der Waals surface area (Å²) in [7, 11) is 0. The molecule has 0 heterocycles. The number of hydrogen-bond acceptors (Lipinski definition) is 2. The highest BCUT2D eigenvalue weighted by atomic mass is 35.5. The van der Waals surface area contributed by atoms with Crippen molar-refractivity contribution in [1.29, 1.82) is 0 Å². The molecule has 0 atom stereocenters. The molecule has 0 aliphatic carbocycles. The molecule has 2 N–H and O–H groups in total. The average molecular weight is 205 g/mol. The van der Waals surface area contributed by atoms with Crippen molar-refractivity contribution in [3.05, 3.63) is 11.6 Å². The van der Waals surface area contributed by atoms with Gasteiger partial charge in [-0.25, -0.2) is 0 Å². The van der Waals surface area contributed by atoms with E-state index in [1.165, 1.54) is 0 Å². The van der Waals surface area contributed by atoms with Gasteiger partial charge in [-0.2, -0.15) is 0 Å². The Kier molecular flexibility index (Phi) is 5.03. The minimum Gasteiger partial charge on any atom is -0.350 e. The molecule has 0 spiro atoms. The minimum atomic E-state index is -0.184. The molecule has 0 aliphatic heterocycles. The van der Waals surface area contributed by atoms with E-state index in [1.54, 1.807) is 0 Å². The second-order valence-corrected chi connectivity index (χ2v) is 4.45. The normalized spacial score (nSPS) is 11.1. The van der Waals surface area contributed by atoms with E-state index in [0.717, 1.165) is 0 Å². The molecular weight excluding hydrogens is 188 g/mol. The number of carbonyl (C=O) groups excluding carboxylic acids is 1. The molecule has 3 nitrogen and oxygen atoms in total. The first-order valence-corrected chi connectivity index (χ1v) is 4.54. The van der Waals surface area contributed by atoms with Crippen LogP contribution in [-0.2, 0) is 4.79 Å². The average Bonchev–Trinajstić information content (AvgIpc) is 1.81. The van der Waals surface area contributed by atoms with Gasteiger partial charge in [-0.1, -0.05) is 18.2 Å². The van der Waals surface area contributed by atoms with Gasteiger partial charge in [0, 0.05) is 17.1 Å². The van der Waals surface area contributed by atoms with E-state index in [9.17, 15) is 4.79 Å². The molecule has 0 aliphatic rings. The minimum absolute atomic E-state index is 0.0367. The zero-order chi connectivity index (χ0) is 10.5. The summed E-state index contributed by atoms with van der Waals surface area (Å²) in [6, 6.07) is 0. The summed E-state index contributed by atoms with van der Waals surface area (Å²) in [5, 5.41) is 6.19. The molecule has 0 rings (SSSR count). The maximum Gasteiger partial charge on any atom is 0.234 e. The lowest BCUT2D eigenvalue weighted by Crippen LogP contribution is -2.44. The maximum atomic E-state index is 11.2. The highest BCUT2D eigenvalue weighted by Crippen LogP contribution is 1.97. The molecule has 0 radical (unpaired) electrons. The van der Waals surface area contributed by atoms with Gasteiger partial charge in [0.1, 0.15) is 0 Å². The van der Waals surface area contributed by atoms with Gasteiger partial charge >= 0.3 is 0 Å². The smallest absolute Gasteiger partial charge is 0.234 e. The Balaban J connectivity index is 3.59. The Labute approximate surface area is 84.5 Å². The van der Waals surface area contributed by atoms with Crippen LogP contribution in [0.15, 0.2) is 11.6 Å². The molecule has 0 aromatic rings. The van der Waals surface area contributed by atoms with Crippen molar-refractivity contribution >= 4 is 17.5 Å². The van der Waals surface area contributed by atoms with Crippen LogP contribution in [0.2, 0.25) is 0 Å². The van der Waals surface area contributed by atoms with Crippen molar-refractivity contribution in [2.75, 3.05) is 13.1 Å². The van der Waals surface area contributed by atoms with Crippen LogP contribution in [-0.4, -0.2) is 24.5 Å². The van der Waals surface area contributed by atoms with Gasteiger partial charge in [-0.15, -0.1) is 0 Å². The second kappa shape index (κ2) is 5.25. The zero-order valence-corrected chi connectivity index (χ0v) is 9.16. The van der Waals surface area contributed by atoms with Crippen LogP contribution >= 0.6 is 11.6 Å². The third-order valence-electron chi connectivity index (χ3n) is 1.12. The number of hydrogen-bond donors (Lipinski definition) is 2. The van der Waals surface area contributed by atoms with E-state index in [2.05, 4.69) is 17.2 Å². The van der Waals surface area contributed by atoms with Crippen LogP contribution in [0.1, 0.15) is 20.8 Å². The molecule has 0 bridgehead atoms. The molecule has 0 saturated heterocycles. The Bertz CT molecular complexity index is 196. The van der Waals surface area contributed by atoms with E-state index in [-0.39, 0.29) is 18.0 Å². The van der Waals surface area contributed by atoms with Crippen molar-refractivity contribution in [1.82, 2.24) is 10.6 Å². The Hall–Kier alpha value is -0.540. The summed E-state index contributed by atoms with van der Waals surface area (Å²) in [5.74, 6) is -0.0367. The first-order valence-electron chi connectivity index (χ1n) is 4.16. The number of carbonyl (C=O) groups is 1. The number of amides is 1. The van der Waals surface area contributed by atoms with Crippen LogP contribution in [0, 0.1) is 0 Å². The second-order valence-electron chi connectivity index (χ2n) is 3.92. The summed E-state index contributed by atoms with van der Waals surface area (Å²) < 4.78 is 0. The lowest BCUT2D eigenvalue weighted by Gasteiger charge is -2.20. The van der Waals surface area contributed by atoms with Crippen molar-refractivity contribution < 1.29 is 4.79 Å². The largest absolute Gasteiger partial charge is 0.350 e. The van der Waals surface area contributed by atoms with Gasteiger partial charge in [0.05, 0.1) is 6.54 Å². The topological polar surface area (TPSA) is 41.1 Å². The molecule has 0 unspecified atom stereocenters. The number of halogens is 1. The number of rotatable bonds is 4. The standard InChI is InChI=1S/C9H17ClN2O/c1-7(10)5-11-6-8(13)12-9(2,3)4/h11H,1,5-6H2,2-4H3,(H,12,13). The monoisotopic (exact) mass is 204 g/mol. The fraction of sp³-hybridized carbons (Fsp3) is 0.667. The Morgan fingerprint density at radius 1 is 1.38 bits per heavy atom. The molecule has 0 aromatic carbocycles. The van der Waals surface area contributed by atoms with Gasteiger partial charge in [0.15, 0.2) is 0 Å². The van der Waals surface area contributed by atoms with E-state index in [1.807, 2.05) is 20.8 Å². The van der Waals surface area contributed by atoms with Crippen molar-refractivity contribution in [2.24, 2.45) is 0 Å². The third-order valence-corrected chi connectivity index (χ3v) is 1.25. The molecule has 0 aromatic heterocycles. The lowest BCUT2D eigenvalue weighted by molar-refractivity contribution is -0.121. The molecule has 13 heavy (non-hydrogen) atoms. The zero-order valence-electron chi connectivity index (χ0n) is 8.41. The van der Waals surface area contributed by atoms with Crippen LogP contribution in [0.3, 0.4) is 0 Å². The van der Waals surface area contributed by atoms with Crippen molar-refractivity contribution in [3.63, 3.8) is 0 Å². The van der Waals surface area contributed by atoms with E-state index in [4.69, 9.17) is 11.6 Å². The quantitative estimate of drug-likeness (QED) is 0.724. The van der Waals surface area contributed by atoms with E-state index in [0.29, 0.717) is 11.6 Å². The highest BCUT2D eigenvalue weighted by Gasteiger charge is 2.12. The van der Waals surface area contributed by atoms with Crippen LogP contribution in [0.4, 0.5) is 0 Å². The first kappa shape index (κ1) is 12.5.